The van der Waals surface area contributed by atoms with Crippen LogP contribution in [0.5, 0.6) is 0 Å². The van der Waals surface area contributed by atoms with Crippen LogP contribution in [0.2, 0.25) is 0 Å². The molecule has 0 saturated heterocycles. The molecule has 0 radical (unpaired) electrons. The topological polar surface area (TPSA) is 79.5 Å². The van der Waals surface area contributed by atoms with E-state index in [0.29, 0.717) is 25.3 Å². The molecule has 2 amide bonds. The van der Waals surface area contributed by atoms with Crippen molar-refractivity contribution in [1.82, 2.24) is 16.0 Å². The summed E-state index contributed by atoms with van der Waals surface area (Å²) in [5.74, 6) is 0.0575. The van der Waals surface area contributed by atoms with Gasteiger partial charge >= 0.3 is 0 Å². The third-order valence-corrected chi connectivity index (χ3v) is 4.25. The molecule has 1 rings (SSSR count). The van der Waals surface area contributed by atoms with Crippen LogP contribution in [0.15, 0.2) is 29.2 Å². The Morgan fingerprint density at radius 3 is 2.70 bits per heavy atom. The van der Waals surface area contributed by atoms with Gasteiger partial charge in [-0.05, 0) is 26.1 Å². The van der Waals surface area contributed by atoms with Gasteiger partial charge in [0.05, 0.1) is 17.9 Å². The van der Waals surface area contributed by atoms with Gasteiger partial charge < -0.3 is 20.7 Å². The molecule has 0 aromatic heterocycles. The van der Waals surface area contributed by atoms with Crippen molar-refractivity contribution in [1.29, 1.82) is 0 Å². The van der Waals surface area contributed by atoms with Crippen molar-refractivity contribution in [2.24, 2.45) is 0 Å². The second-order valence-corrected chi connectivity index (χ2v) is 6.04. The van der Waals surface area contributed by atoms with Gasteiger partial charge in [0.15, 0.2) is 0 Å². The van der Waals surface area contributed by atoms with Crippen LogP contribution in [-0.2, 0) is 9.53 Å². The molecule has 6 nitrogen and oxygen atoms in total. The minimum absolute atomic E-state index is 0.0777. The van der Waals surface area contributed by atoms with Crippen molar-refractivity contribution >= 4 is 23.6 Å². The number of amides is 2. The smallest absolute Gasteiger partial charge is 0.252 e. The molecule has 0 aliphatic carbocycles. The summed E-state index contributed by atoms with van der Waals surface area (Å²) in [6.07, 6.45) is 0. The van der Waals surface area contributed by atoms with E-state index in [1.165, 1.54) is 11.8 Å². The summed E-state index contributed by atoms with van der Waals surface area (Å²) >= 11 is 1.35. The molecule has 1 unspecified atom stereocenters. The van der Waals surface area contributed by atoms with Crippen LogP contribution in [0.1, 0.15) is 17.3 Å². The molecular weight excluding hydrogens is 314 g/mol. The van der Waals surface area contributed by atoms with Gasteiger partial charge in [0.25, 0.3) is 5.91 Å². The molecule has 1 aromatic carbocycles. The van der Waals surface area contributed by atoms with Gasteiger partial charge in [-0.1, -0.05) is 12.1 Å². The molecule has 128 valence electrons. The number of carbonyl (C=O) groups is 2. The maximum absolute atomic E-state index is 12.3. The number of carbonyl (C=O) groups excluding carboxylic acids is 2. The maximum atomic E-state index is 12.3. The third kappa shape index (κ3) is 7.49. The molecule has 0 aliphatic heterocycles. The summed E-state index contributed by atoms with van der Waals surface area (Å²) in [5, 5.41) is 8.71. The zero-order chi connectivity index (χ0) is 17.1. The van der Waals surface area contributed by atoms with Gasteiger partial charge in [-0.2, -0.15) is 0 Å². The highest BCUT2D eigenvalue weighted by Crippen LogP contribution is 2.22. The summed E-state index contributed by atoms with van der Waals surface area (Å²) in [7, 11) is 3.44. The summed E-state index contributed by atoms with van der Waals surface area (Å²) in [6.45, 7) is 3.51. The third-order valence-electron chi connectivity index (χ3n) is 3.18. The number of nitrogens with one attached hydrogen (secondary N) is 3. The summed E-state index contributed by atoms with van der Waals surface area (Å²) < 4.78 is 4.88. The number of hydrogen-bond acceptors (Lipinski definition) is 5. The van der Waals surface area contributed by atoms with Crippen LogP contribution < -0.4 is 16.0 Å². The number of likely N-dealkylation sites (N-methyl/N-ethyl adjacent to an activating group) is 1. The molecule has 1 atom stereocenters. The van der Waals surface area contributed by atoms with Gasteiger partial charge in [-0.25, -0.2) is 0 Å². The standard InChI is InChI=1S/C16H25N3O3S/c1-12(17-2)10-19-16(21)13-6-4-5-7-14(13)23-11-15(20)18-8-9-22-3/h4-7,12,17H,8-11H2,1-3H3,(H,18,20)(H,19,21). The molecule has 3 N–H and O–H groups in total. The summed E-state index contributed by atoms with van der Waals surface area (Å²) in [4.78, 5) is 24.8. The Morgan fingerprint density at radius 1 is 1.26 bits per heavy atom. The first-order chi connectivity index (χ1) is 11.1. The first-order valence-corrected chi connectivity index (χ1v) is 8.50. The molecule has 0 fully saturated rings. The van der Waals surface area contributed by atoms with Crippen molar-refractivity contribution in [3.05, 3.63) is 29.8 Å². The molecule has 0 saturated carbocycles. The average molecular weight is 339 g/mol. The number of rotatable bonds is 10. The van der Waals surface area contributed by atoms with E-state index in [2.05, 4.69) is 16.0 Å². The number of ether oxygens (including phenoxy) is 1. The van der Waals surface area contributed by atoms with Crippen LogP contribution >= 0.6 is 11.8 Å². The van der Waals surface area contributed by atoms with Gasteiger partial charge in [0, 0.05) is 31.1 Å². The molecule has 23 heavy (non-hydrogen) atoms. The first kappa shape index (κ1) is 19.5. The average Bonchev–Trinajstić information content (AvgIpc) is 2.58. The number of hydrogen-bond donors (Lipinski definition) is 3. The lowest BCUT2D eigenvalue weighted by Crippen LogP contribution is -2.37. The molecule has 1 aromatic rings. The molecule has 0 aliphatic rings. The molecule has 7 heteroatoms. The Balaban J connectivity index is 2.56. The van der Waals surface area contributed by atoms with Crippen molar-refractivity contribution in [2.45, 2.75) is 17.9 Å². The normalized spacial score (nSPS) is 11.8. The highest BCUT2D eigenvalue weighted by atomic mass is 32.2. The Bertz CT molecular complexity index is 511. The highest BCUT2D eigenvalue weighted by molar-refractivity contribution is 8.00. The van der Waals surface area contributed by atoms with Crippen molar-refractivity contribution in [3.8, 4) is 0 Å². The van der Waals surface area contributed by atoms with Gasteiger partial charge in [-0.3, -0.25) is 9.59 Å². The Kier molecular flexibility index (Phi) is 9.35. The monoisotopic (exact) mass is 339 g/mol. The van der Waals surface area contributed by atoms with Gasteiger partial charge in [0.1, 0.15) is 0 Å². The van der Waals surface area contributed by atoms with Crippen LogP contribution in [0.3, 0.4) is 0 Å². The number of thioether (sulfide) groups is 1. The molecule has 0 bridgehead atoms. The highest BCUT2D eigenvalue weighted by Gasteiger charge is 2.13. The lowest BCUT2D eigenvalue weighted by molar-refractivity contribution is -0.118. The van der Waals surface area contributed by atoms with Gasteiger partial charge in [-0.15, -0.1) is 11.8 Å². The van der Waals surface area contributed by atoms with Crippen LogP contribution in [0.25, 0.3) is 0 Å². The van der Waals surface area contributed by atoms with Crippen molar-refractivity contribution < 1.29 is 14.3 Å². The minimum Gasteiger partial charge on any atom is -0.383 e. The van der Waals surface area contributed by atoms with Gasteiger partial charge in [0.2, 0.25) is 5.91 Å². The van der Waals surface area contributed by atoms with E-state index in [0.717, 1.165) is 4.90 Å². The fraction of sp³-hybridized carbons (Fsp3) is 0.500. The van der Waals surface area contributed by atoms with E-state index < -0.39 is 0 Å². The lowest BCUT2D eigenvalue weighted by atomic mass is 10.2. The number of methoxy groups -OCH3 is 1. The van der Waals surface area contributed by atoms with E-state index in [9.17, 15) is 9.59 Å². The quantitative estimate of drug-likeness (QED) is 0.436. The lowest BCUT2D eigenvalue weighted by Gasteiger charge is -2.13. The maximum Gasteiger partial charge on any atom is 0.252 e. The first-order valence-electron chi connectivity index (χ1n) is 7.51. The molecular formula is C16H25N3O3S. The summed E-state index contributed by atoms with van der Waals surface area (Å²) in [6, 6.07) is 7.50. The molecule has 0 heterocycles. The van der Waals surface area contributed by atoms with E-state index in [-0.39, 0.29) is 23.6 Å². The predicted octanol–water partition coefficient (Wildman–Crippen LogP) is 0.879. The Morgan fingerprint density at radius 2 is 2.00 bits per heavy atom. The predicted molar refractivity (Wildman–Crippen MR) is 92.9 cm³/mol. The number of benzene rings is 1. The Hall–Kier alpha value is -1.57. The van der Waals surface area contributed by atoms with Crippen LogP contribution in [0.4, 0.5) is 0 Å². The van der Waals surface area contributed by atoms with Crippen LogP contribution in [0, 0.1) is 0 Å². The van der Waals surface area contributed by atoms with E-state index in [1.54, 1.807) is 13.2 Å². The zero-order valence-corrected chi connectivity index (χ0v) is 14.7. The van der Waals surface area contributed by atoms with Crippen LogP contribution in [-0.4, -0.2) is 57.5 Å². The van der Waals surface area contributed by atoms with Crippen molar-refractivity contribution in [2.75, 3.05) is 39.6 Å². The largest absolute Gasteiger partial charge is 0.383 e. The molecule has 0 spiro atoms. The Labute approximate surface area is 141 Å². The SMILES string of the molecule is CNC(C)CNC(=O)c1ccccc1SCC(=O)NCCOC. The second-order valence-electron chi connectivity index (χ2n) is 5.03. The van der Waals surface area contributed by atoms with E-state index >= 15 is 0 Å². The fourth-order valence-corrected chi connectivity index (χ4v) is 2.59. The summed E-state index contributed by atoms with van der Waals surface area (Å²) in [5.41, 5.74) is 0.588. The zero-order valence-electron chi connectivity index (χ0n) is 13.8. The van der Waals surface area contributed by atoms with Crippen molar-refractivity contribution in [3.63, 3.8) is 0 Å². The van der Waals surface area contributed by atoms with E-state index in [1.807, 2.05) is 32.2 Å². The minimum atomic E-state index is -0.130. The van der Waals surface area contributed by atoms with E-state index in [4.69, 9.17) is 4.74 Å². The second kappa shape index (κ2) is 11.0. The fourth-order valence-electron chi connectivity index (χ4n) is 1.71.